The van der Waals surface area contributed by atoms with Crippen LogP contribution in [-0.2, 0) is 15.8 Å². The lowest BCUT2D eigenvalue weighted by Gasteiger charge is -2.15. The van der Waals surface area contributed by atoms with Gasteiger partial charge in [0.25, 0.3) is 11.8 Å². The third kappa shape index (κ3) is 8.60. The highest BCUT2D eigenvalue weighted by molar-refractivity contribution is 8.00. The molecular formula is C36H27ClF3N3O3S. The first-order valence-electron chi connectivity index (χ1n) is 14.3. The number of thioether (sulfide) groups is 1. The minimum Gasteiger partial charge on any atom is -0.324 e. The molecule has 47 heavy (non-hydrogen) atoms. The van der Waals surface area contributed by atoms with Crippen LogP contribution < -0.4 is 16.0 Å². The first-order valence-corrected chi connectivity index (χ1v) is 15.6. The van der Waals surface area contributed by atoms with Crippen molar-refractivity contribution in [2.24, 2.45) is 0 Å². The van der Waals surface area contributed by atoms with E-state index < -0.39 is 34.7 Å². The minimum absolute atomic E-state index is 0.0162. The van der Waals surface area contributed by atoms with E-state index in [2.05, 4.69) is 16.0 Å². The van der Waals surface area contributed by atoms with E-state index in [0.717, 1.165) is 34.5 Å². The number of carbonyl (C=O) groups is 3. The molecule has 0 aliphatic heterocycles. The lowest BCUT2D eigenvalue weighted by atomic mass is 10.0. The Bertz CT molecular complexity index is 1960. The topological polar surface area (TPSA) is 87.3 Å². The largest absolute Gasteiger partial charge is 0.416 e. The van der Waals surface area contributed by atoms with Gasteiger partial charge in [-0.15, -0.1) is 11.8 Å². The van der Waals surface area contributed by atoms with Crippen LogP contribution in [0.3, 0.4) is 0 Å². The molecule has 11 heteroatoms. The second-order valence-corrected chi connectivity index (χ2v) is 12.2. The maximum absolute atomic E-state index is 13.5. The monoisotopic (exact) mass is 673 g/mol. The molecule has 0 spiro atoms. The van der Waals surface area contributed by atoms with Crippen molar-refractivity contribution in [3.8, 4) is 0 Å². The summed E-state index contributed by atoms with van der Waals surface area (Å²) in [5, 5.41) is 9.19. The van der Waals surface area contributed by atoms with Crippen molar-refractivity contribution in [3.05, 3.63) is 143 Å². The van der Waals surface area contributed by atoms with Crippen LogP contribution in [-0.4, -0.2) is 23.0 Å². The number of hydrogen-bond acceptors (Lipinski definition) is 4. The second kappa shape index (κ2) is 14.6. The molecule has 0 heterocycles. The van der Waals surface area contributed by atoms with Crippen molar-refractivity contribution in [1.29, 1.82) is 0 Å². The number of amides is 3. The molecule has 3 N–H and O–H groups in total. The zero-order chi connectivity index (χ0) is 33.6. The van der Waals surface area contributed by atoms with Crippen LogP contribution in [0.1, 0.15) is 28.4 Å². The summed E-state index contributed by atoms with van der Waals surface area (Å²) >= 11 is 7.19. The van der Waals surface area contributed by atoms with Crippen LogP contribution >= 0.6 is 23.4 Å². The lowest BCUT2D eigenvalue weighted by Crippen LogP contribution is -2.30. The van der Waals surface area contributed by atoms with Gasteiger partial charge in [-0.2, -0.15) is 13.2 Å². The van der Waals surface area contributed by atoms with Gasteiger partial charge < -0.3 is 16.0 Å². The predicted octanol–water partition coefficient (Wildman–Crippen LogP) is 9.04. The molecule has 5 rings (SSSR count). The zero-order valence-corrected chi connectivity index (χ0v) is 26.3. The number of alkyl halides is 3. The molecule has 5 aromatic rings. The highest BCUT2D eigenvalue weighted by atomic mass is 35.5. The number of benzene rings is 5. The highest BCUT2D eigenvalue weighted by Gasteiger charge is 2.31. The van der Waals surface area contributed by atoms with Crippen molar-refractivity contribution in [1.82, 2.24) is 5.32 Å². The number of carbonyl (C=O) groups excluding carboxylic acids is 3. The van der Waals surface area contributed by atoms with Crippen LogP contribution in [0, 0.1) is 0 Å². The van der Waals surface area contributed by atoms with Crippen molar-refractivity contribution >= 4 is 69.3 Å². The van der Waals surface area contributed by atoms with Crippen LogP contribution in [0.15, 0.2) is 126 Å². The van der Waals surface area contributed by atoms with Crippen LogP contribution in [0.4, 0.5) is 24.5 Å². The number of hydrogen-bond donors (Lipinski definition) is 3. The molecule has 238 valence electrons. The number of rotatable bonds is 9. The van der Waals surface area contributed by atoms with E-state index in [0.29, 0.717) is 16.1 Å². The van der Waals surface area contributed by atoms with E-state index in [1.807, 2.05) is 42.5 Å². The van der Waals surface area contributed by atoms with Gasteiger partial charge in [-0.1, -0.05) is 72.3 Å². The van der Waals surface area contributed by atoms with Crippen LogP contribution in [0.5, 0.6) is 0 Å². The van der Waals surface area contributed by atoms with Gasteiger partial charge in [0.2, 0.25) is 5.91 Å². The van der Waals surface area contributed by atoms with E-state index in [1.165, 1.54) is 11.8 Å². The summed E-state index contributed by atoms with van der Waals surface area (Å²) in [7, 11) is 0. The quantitative estimate of drug-likeness (QED) is 0.108. The summed E-state index contributed by atoms with van der Waals surface area (Å²) in [4.78, 5) is 40.0. The van der Waals surface area contributed by atoms with Gasteiger partial charge in [0.05, 0.1) is 21.5 Å². The van der Waals surface area contributed by atoms with Gasteiger partial charge in [-0.25, -0.2) is 0 Å². The van der Waals surface area contributed by atoms with E-state index >= 15 is 0 Å². The fourth-order valence-electron chi connectivity index (χ4n) is 4.58. The summed E-state index contributed by atoms with van der Waals surface area (Å²) in [6, 6.07) is 31.3. The first-order chi connectivity index (χ1) is 22.5. The van der Waals surface area contributed by atoms with Crippen molar-refractivity contribution in [3.63, 3.8) is 0 Å². The number of halogens is 4. The maximum Gasteiger partial charge on any atom is 0.416 e. The molecule has 3 amide bonds. The van der Waals surface area contributed by atoms with Crippen molar-refractivity contribution in [2.75, 3.05) is 10.6 Å². The number of fused-ring (bicyclic) bond motifs is 1. The van der Waals surface area contributed by atoms with Gasteiger partial charge >= 0.3 is 6.18 Å². The zero-order valence-electron chi connectivity index (χ0n) is 24.8. The average Bonchev–Trinajstić information content (AvgIpc) is 3.06. The molecule has 0 saturated heterocycles. The van der Waals surface area contributed by atoms with E-state index in [-0.39, 0.29) is 16.4 Å². The number of nitrogens with one attached hydrogen (secondary N) is 3. The van der Waals surface area contributed by atoms with Gasteiger partial charge in [0, 0.05) is 16.1 Å². The fraction of sp³-hybridized carbons (Fsp3) is 0.0833. The predicted molar refractivity (Wildman–Crippen MR) is 181 cm³/mol. The second-order valence-electron chi connectivity index (χ2n) is 10.4. The van der Waals surface area contributed by atoms with Crippen LogP contribution in [0.25, 0.3) is 16.8 Å². The Morgan fingerprint density at radius 3 is 2.21 bits per heavy atom. The molecule has 5 aromatic carbocycles. The van der Waals surface area contributed by atoms with E-state index in [1.54, 1.807) is 67.6 Å². The normalized spacial score (nSPS) is 12.3. The molecule has 0 bridgehead atoms. The maximum atomic E-state index is 13.5. The van der Waals surface area contributed by atoms with Gasteiger partial charge in [0.15, 0.2) is 0 Å². The van der Waals surface area contributed by atoms with E-state index in [9.17, 15) is 27.6 Å². The molecule has 0 aliphatic rings. The van der Waals surface area contributed by atoms with Gasteiger partial charge in [-0.3, -0.25) is 14.4 Å². The Morgan fingerprint density at radius 2 is 1.49 bits per heavy atom. The molecule has 0 saturated carbocycles. The fourth-order valence-corrected chi connectivity index (χ4v) is 5.61. The van der Waals surface area contributed by atoms with Gasteiger partial charge in [0.1, 0.15) is 5.70 Å². The number of anilines is 2. The molecule has 6 nitrogen and oxygen atoms in total. The molecule has 0 radical (unpaired) electrons. The summed E-state index contributed by atoms with van der Waals surface area (Å²) in [5.74, 6) is -1.53. The highest BCUT2D eigenvalue weighted by Crippen LogP contribution is 2.34. The third-order valence-electron chi connectivity index (χ3n) is 7.00. The summed E-state index contributed by atoms with van der Waals surface area (Å²) in [5.41, 5.74) is 0.539. The van der Waals surface area contributed by atoms with Crippen molar-refractivity contribution in [2.45, 2.75) is 23.2 Å². The Balaban J connectivity index is 1.29. The Morgan fingerprint density at radius 1 is 0.809 bits per heavy atom. The molecular weight excluding hydrogens is 647 g/mol. The molecule has 0 aliphatic carbocycles. The molecule has 1 unspecified atom stereocenters. The molecule has 0 aromatic heterocycles. The minimum atomic E-state index is -4.58. The Labute approximate surface area is 278 Å². The summed E-state index contributed by atoms with van der Waals surface area (Å²) < 4.78 is 39.3. The van der Waals surface area contributed by atoms with E-state index in [4.69, 9.17) is 11.6 Å². The lowest BCUT2D eigenvalue weighted by molar-refractivity contribution is -0.137. The SMILES string of the molecule is CC(Sc1ccc(NC(=O)/C(=C/c2cccc3ccccc23)NC(=O)c2ccccc2)cc1)C(=O)Nc1cc(C(F)(F)F)ccc1Cl. The summed E-state index contributed by atoms with van der Waals surface area (Å²) in [6.07, 6.45) is -2.96. The van der Waals surface area contributed by atoms with Crippen LogP contribution in [0.2, 0.25) is 5.02 Å². The molecule has 0 fully saturated rings. The third-order valence-corrected chi connectivity index (χ3v) is 8.44. The molecule has 1 atom stereocenters. The first kappa shape index (κ1) is 33.3. The standard InChI is InChI=1S/C36H27ClF3N3O3S/c1-22(33(44)42-31-21-26(36(38,39)40)14-19-30(31)37)47-28-17-15-27(16-18-28)41-35(46)32(43-34(45)24-9-3-2-4-10-24)20-25-12-7-11-23-8-5-6-13-29(23)25/h2-22H,1H3,(H,41,46)(H,42,44)(H,43,45)/b32-20-. The Kier molecular flexibility index (Phi) is 10.3. The Hall–Kier alpha value is -5.06. The van der Waals surface area contributed by atoms with Crippen molar-refractivity contribution < 1.29 is 27.6 Å². The summed E-state index contributed by atoms with van der Waals surface area (Å²) in [6.45, 7) is 1.61. The smallest absolute Gasteiger partial charge is 0.324 e. The average molecular weight is 674 g/mol. The van der Waals surface area contributed by atoms with Gasteiger partial charge in [-0.05, 0) is 83.9 Å².